The van der Waals surface area contributed by atoms with E-state index in [4.69, 9.17) is 30.6 Å². The van der Waals surface area contributed by atoms with Crippen molar-refractivity contribution in [2.75, 3.05) is 13.7 Å². The number of para-hydroxylation sites is 1. The molecule has 0 radical (unpaired) electrons. The third-order valence-electron chi connectivity index (χ3n) is 3.58. The van der Waals surface area contributed by atoms with Gasteiger partial charge in [-0.25, -0.2) is 4.79 Å². The molecular weight excluding hydrogens is 428 g/mol. The minimum Gasteiger partial charge on any atom is -0.496 e. The van der Waals surface area contributed by atoms with Crippen molar-refractivity contribution in [3.8, 4) is 22.8 Å². The Kier molecular flexibility index (Phi) is 5.20. The van der Waals surface area contributed by atoms with Gasteiger partial charge in [-0.2, -0.15) is 0 Å². The van der Waals surface area contributed by atoms with E-state index >= 15 is 0 Å². The minimum atomic E-state index is -1.11. The number of methoxy groups -OCH3 is 1. The maximum Gasteiger partial charge on any atom is 0.341 e. The lowest BCUT2D eigenvalue weighted by Gasteiger charge is -2.13. The van der Waals surface area contributed by atoms with Crippen LogP contribution in [-0.4, -0.2) is 24.8 Å². The van der Waals surface area contributed by atoms with Crippen LogP contribution in [0.2, 0.25) is 5.02 Å². The molecule has 0 aliphatic rings. The molecule has 26 heavy (non-hydrogen) atoms. The minimum absolute atomic E-state index is 0.222. The fraction of sp³-hybridized carbons (Fsp3) is 0.111. The first-order valence-corrected chi connectivity index (χ1v) is 8.52. The summed E-state index contributed by atoms with van der Waals surface area (Å²) in [5.41, 5.74) is 0.423. The lowest BCUT2D eigenvalue weighted by molar-refractivity contribution is -0.139. The van der Waals surface area contributed by atoms with Crippen LogP contribution in [0.25, 0.3) is 22.3 Å². The fourth-order valence-corrected chi connectivity index (χ4v) is 3.07. The van der Waals surface area contributed by atoms with E-state index in [2.05, 4.69) is 15.9 Å². The van der Waals surface area contributed by atoms with Crippen LogP contribution < -0.4 is 14.9 Å². The molecule has 0 saturated carbocycles. The summed E-state index contributed by atoms with van der Waals surface area (Å²) in [5, 5.41) is 9.46. The number of benzene rings is 2. The number of fused-ring (bicyclic) bond motifs is 1. The largest absolute Gasteiger partial charge is 0.496 e. The fourth-order valence-electron chi connectivity index (χ4n) is 2.42. The SMILES string of the molecule is COc1cc(Br)c(OCC(=O)O)cc1-c1cc(=O)c2cccc(Cl)c2o1. The van der Waals surface area contributed by atoms with E-state index in [1.165, 1.54) is 19.2 Å². The van der Waals surface area contributed by atoms with Gasteiger partial charge >= 0.3 is 5.97 Å². The number of aliphatic carboxylic acids is 1. The maximum absolute atomic E-state index is 12.4. The number of hydrogen-bond donors (Lipinski definition) is 1. The molecule has 0 bridgehead atoms. The van der Waals surface area contributed by atoms with Gasteiger partial charge in [0.2, 0.25) is 0 Å². The number of ether oxygens (including phenoxy) is 2. The predicted octanol–water partition coefficient (Wildman–Crippen LogP) is 4.35. The molecule has 1 heterocycles. The van der Waals surface area contributed by atoms with Gasteiger partial charge in [-0.05, 0) is 40.2 Å². The standard InChI is InChI=1S/C18H12BrClO6/c1-24-14-6-11(19)16(25-8-17(22)23)5-10(14)15-7-13(21)9-3-2-4-12(20)18(9)26-15/h2-7H,8H2,1H3,(H,22,23). The highest BCUT2D eigenvalue weighted by molar-refractivity contribution is 9.10. The highest BCUT2D eigenvalue weighted by Crippen LogP contribution is 2.39. The lowest BCUT2D eigenvalue weighted by Crippen LogP contribution is -2.10. The van der Waals surface area contributed by atoms with Crippen LogP contribution >= 0.6 is 27.5 Å². The number of rotatable bonds is 5. The first-order valence-electron chi connectivity index (χ1n) is 7.35. The molecule has 0 unspecified atom stereocenters. The Bertz CT molecular complexity index is 1060. The molecule has 0 aliphatic carbocycles. The molecule has 0 aliphatic heterocycles. The summed E-state index contributed by atoms with van der Waals surface area (Å²) in [4.78, 5) is 23.2. The van der Waals surface area contributed by atoms with E-state index in [-0.39, 0.29) is 22.5 Å². The van der Waals surface area contributed by atoms with Gasteiger partial charge in [0.1, 0.15) is 17.3 Å². The zero-order chi connectivity index (χ0) is 18.8. The molecule has 2 aromatic carbocycles. The molecule has 1 aromatic heterocycles. The second-order valence-electron chi connectivity index (χ2n) is 5.26. The molecule has 0 atom stereocenters. The van der Waals surface area contributed by atoms with E-state index in [1.807, 2.05) is 0 Å². The predicted molar refractivity (Wildman–Crippen MR) is 100 cm³/mol. The summed E-state index contributed by atoms with van der Waals surface area (Å²) in [7, 11) is 1.47. The van der Waals surface area contributed by atoms with E-state index in [1.54, 1.807) is 24.3 Å². The Balaban J connectivity index is 2.20. The van der Waals surface area contributed by atoms with Gasteiger partial charge in [0.15, 0.2) is 17.6 Å². The molecule has 134 valence electrons. The summed E-state index contributed by atoms with van der Waals surface area (Å²) >= 11 is 9.44. The van der Waals surface area contributed by atoms with Gasteiger partial charge in [-0.1, -0.05) is 17.7 Å². The van der Waals surface area contributed by atoms with Crippen molar-refractivity contribution in [2.45, 2.75) is 0 Å². The molecule has 0 fully saturated rings. The molecule has 0 spiro atoms. The van der Waals surface area contributed by atoms with Crippen molar-refractivity contribution in [1.29, 1.82) is 0 Å². The van der Waals surface area contributed by atoms with Crippen LogP contribution in [0.1, 0.15) is 0 Å². The van der Waals surface area contributed by atoms with Gasteiger partial charge in [0, 0.05) is 6.07 Å². The zero-order valence-electron chi connectivity index (χ0n) is 13.4. The zero-order valence-corrected chi connectivity index (χ0v) is 15.8. The van der Waals surface area contributed by atoms with Gasteiger partial charge in [-0.15, -0.1) is 0 Å². The smallest absolute Gasteiger partial charge is 0.341 e. The van der Waals surface area contributed by atoms with Crippen molar-refractivity contribution >= 4 is 44.5 Å². The van der Waals surface area contributed by atoms with E-state index in [9.17, 15) is 9.59 Å². The van der Waals surface area contributed by atoms with Crippen LogP contribution in [0.3, 0.4) is 0 Å². The molecule has 3 rings (SSSR count). The number of carboxylic acids is 1. The second kappa shape index (κ2) is 7.39. The van der Waals surface area contributed by atoms with Crippen LogP contribution in [0.5, 0.6) is 11.5 Å². The van der Waals surface area contributed by atoms with Crippen LogP contribution in [-0.2, 0) is 4.79 Å². The van der Waals surface area contributed by atoms with Gasteiger partial charge in [0.05, 0.1) is 27.6 Å². The van der Waals surface area contributed by atoms with Crippen molar-refractivity contribution in [3.05, 3.63) is 56.1 Å². The van der Waals surface area contributed by atoms with Crippen molar-refractivity contribution in [3.63, 3.8) is 0 Å². The average molecular weight is 440 g/mol. The Morgan fingerprint density at radius 3 is 2.73 bits per heavy atom. The lowest BCUT2D eigenvalue weighted by atomic mass is 10.1. The first kappa shape index (κ1) is 18.3. The van der Waals surface area contributed by atoms with E-state index in [0.29, 0.717) is 26.2 Å². The number of hydrogen-bond acceptors (Lipinski definition) is 5. The van der Waals surface area contributed by atoms with Gasteiger partial charge < -0.3 is 19.0 Å². The number of halogens is 2. The molecule has 3 aromatic rings. The third-order valence-corrected chi connectivity index (χ3v) is 4.49. The maximum atomic E-state index is 12.4. The summed E-state index contributed by atoms with van der Waals surface area (Å²) in [6, 6.07) is 9.37. The summed E-state index contributed by atoms with van der Waals surface area (Å²) in [6.07, 6.45) is 0. The second-order valence-corrected chi connectivity index (χ2v) is 6.52. The van der Waals surface area contributed by atoms with Crippen molar-refractivity contribution < 1.29 is 23.8 Å². The monoisotopic (exact) mass is 438 g/mol. The topological polar surface area (TPSA) is 86.0 Å². The van der Waals surface area contributed by atoms with E-state index < -0.39 is 12.6 Å². The van der Waals surface area contributed by atoms with Crippen molar-refractivity contribution in [2.24, 2.45) is 0 Å². The highest BCUT2D eigenvalue weighted by atomic mass is 79.9. The Morgan fingerprint density at radius 2 is 2.04 bits per heavy atom. The number of carboxylic acid groups (broad SMARTS) is 1. The first-order chi connectivity index (χ1) is 12.4. The molecule has 8 heteroatoms. The molecule has 1 N–H and O–H groups in total. The van der Waals surface area contributed by atoms with E-state index in [0.717, 1.165) is 0 Å². The Hall–Kier alpha value is -2.51. The third kappa shape index (κ3) is 3.54. The summed E-state index contributed by atoms with van der Waals surface area (Å²) in [6.45, 7) is -0.516. The van der Waals surface area contributed by atoms with Crippen LogP contribution in [0, 0.1) is 0 Å². The molecular formula is C18H12BrClO6. The number of carbonyl (C=O) groups is 1. The van der Waals surface area contributed by atoms with Crippen LogP contribution in [0.4, 0.5) is 0 Å². The summed E-state index contributed by atoms with van der Waals surface area (Å²) < 4.78 is 16.9. The quantitative estimate of drug-likeness (QED) is 0.636. The normalized spacial score (nSPS) is 10.7. The molecule has 0 saturated heterocycles. The van der Waals surface area contributed by atoms with Crippen molar-refractivity contribution in [1.82, 2.24) is 0 Å². The Morgan fingerprint density at radius 1 is 1.27 bits per heavy atom. The van der Waals surface area contributed by atoms with Crippen LogP contribution in [0.15, 0.2) is 50.1 Å². The Labute approximate surface area is 161 Å². The average Bonchev–Trinajstić information content (AvgIpc) is 2.61. The van der Waals surface area contributed by atoms with Gasteiger partial charge in [0.25, 0.3) is 0 Å². The molecule has 6 nitrogen and oxygen atoms in total. The van der Waals surface area contributed by atoms with Gasteiger partial charge in [-0.3, -0.25) is 4.79 Å². The summed E-state index contributed by atoms with van der Waals surface area (Å²) in [5.74, 6) is -0.211. The highest BCUT2D eigenvalue weighted by Gasteiger charge is 2.17. The molecule has 0 amide bonds.